The Morgan fingerprint density at radius 3 is 2.60 bits per heavy atom. The van der Waals surface area contributed by atoms with Crippen molar-refractivity contribution in [3.63, 3.8) is 0 Å². The van der Waals surface area contributed by atoms with E-state index in [9.17, 15) is 26.7 Å². The minimum absolute atomic E-state index is 0.0827. The summed E-state index contributed by atoms with van der Waals surface area (Å²) < 4.78 is 70.6. The van der Waals surface area contributed by atoms with Gasteiger partial charge in [-0.3, -0.25) is 4.79 Å². The van der Waals surface area contributed by atoms with Gasteiger partial charge >= 0.3 is 6.18 Å². The number of pyridine rings is 1. The molecule has 0 atom stereocenters. The number of alkyl halides is 5. The van der Waals surface area contributed by atoms with Crippen molar-refractivity contribution in [1.82, 2.24) is 19.7 Å². The first-order chi connectivity index (χ1) is 16.6. The first kappa shape index (κ1) is 23.7. The van der Waals surface area contributed by atoms with E-state index in [1.807, 2.05) is 0 Å². The Labute approximate surface area is 193 Å². The smallest absolute Gasteiger partial charge is 0.405 e. The van der Waals surface area contributed by atoms with Gasteiger partial charge in [0.2, 0.25) is 5.89 Å². The first-order valence-corrected chi connectivity index (χ1v) is 9.86. The fourth-order valence-electron chi connectivity index (χ4n) is 2.95. The summed E-state index contributed by atoms with van der Waals surface area (Å²) in [5.41, 5.74) is 5.64. The number of nitrogens with zero attached hydrogens (tertiary/aromatic N) is 4. The molecule has 3 heterocycles. The van der Waals surface area contributed by atoms with Gasteiger partial charge in [0.1, 0.15) is 18.6 Å². The molecule has 4 rings (SSSR count). The van der Waals surface area contributed by atoms with E-state index < -0.39 is 30.7 Å². The number of nitrogen functional groups attached to an aromatic ring is 1. The summed E-state index contributed by atoms with van der Waals surface area (Å²) in [5.74, 6) is -1.02. The SMILES string of the molecule is Nc1ccc(-n2cc(NC(=O)c3coc(-c4ccnc(NCC(F)(F)F)c4)n3)c(C(F)F)n2)cc1. The number of carbonyl (C=O) groups excluding carboxylic acids is 1. The van der Waals surface area contributed by atoms with Gasteiger partial charge in [0.25, 0.3) is 12.3 Å². The predicted molar refractivity (Wildman–Crippen MR) is 115 cm³/mol. The van der Waals surface area contributed by atoms with Crippen LogP contribution in [0.3, 0.4) is 0 Å². The highest BCUT2D eigenvalue weighted by molar-refractivity contribution is 6.03. The average molecular weight is 493 g/mol. The maximum Gasteiger partial charge on any atom is 0.405 e. The van der Waals surface area contributed by atoms with E-state index >= 15 is 0 Å². The van der Waals surface area contributed by atoms with Crippen LogP contribution in [0.4, 0.5) is 39.1 Å². The van der Waals surface area contributed by atoms with Gasteiger partial charge in [0.15, 0.2) is 11.4 Å². The van der Waals surface area contributed by atoms with Crippen molar-refractivity contribution in [2.75, 3.05) is 22.9 Å². The number of rotatable bonds is 7. The van der Waals surface area contributed by atoms with Gasteiger partial charge in [0, 0.05) is 17.4 Å². The number of hydrogen-bond donors (Lipinski definition) is 3. The normalized spacial score (nSPS) is 11.6. The third-order valence-corrected chi connectivity index (χ3v) is 4.57. The summed E-state index contributed by atoms with van der Waals surface area (Å²) in [6.07, 6.45) is -3.98. The molecule has 0 fully saturated rings. The number of nitrogens with one attached hydrogen (secondary N) is 2. The Kier molecular flexibility index (Phi) is 6.36. The molecule has 14 heteroatoms. The van der Waals surface area contributed by atoms with Crippen LogP contribution in [0.25, 0.3) is 17.1 Å². The lowest BCUT2D eigenvalue weighted by Gasteiger charge is -2.08. The van der Waals surface area contributed by atoms with Crippen molar-refractivity contribution in [3.05, 3.63) is 66.4 Å². The molecule has 0 saturated carbocycles. The van der Waals surface area contributed by atoms with Crippen LogP contribution in [0, 0.1) is 0 Å². The summed E-state index contributed by atoms with van der Waals surface area (Å²) in [4.78, 5) is 20.4. The Bertz CT molecular complexity index is 1330. The van der Waals surface area contributed by atoms with Crippen molar-refractivity contribution in [2.24, 2.45) is 0 Å². The Balaban J connectivity index is 1.52. The van der Waals surface area contributed by atoms with Gasteiger partial charge < -0.3 is 20.8 Å². The van der Waals surface area contributed by atoms with Crippen LogP contribution in [-0.4, -0.2) is 38.4 Å². The van der Waals surface area contributed by atoms with Gasteiger partial charge in [-0.2, -0.15) is 18.3 Å². The second kappa shape index (κ2) is 9.40. The molecule has 4 aromatic rings. The Hall–Kier alpha value is -4.49. The number of halogens is 5. The lowest BCUT2D eigenvalue weighted by Crippen LogP contribution is -2.21. The van der Waals surface area contributed by atoms with Gasteiger partial charge in [-0.15, -0.1) is 0 Å². The van der Waals surface area contributed by atoms with Crippen LogP contribution in [0.5, 0.6) is 0 Å². The van der Waals surface area contributed by atoms with E-state index in [2.05, 4.69) is 25.7 Å². The van der Waals surface area contributed by atoms with E-state index in [-0.39, 0.29) is 28.7 Å². The van der Waals surface area contributed by atoms with E-state index in [4.69, 9.17) is 10.2 Å². The lowest BCUT2D eigenvalue weighted by atomic mass is 10.2. The summed E-state index contributed by atoms with van der Waals surface area (Å²) >= 11 is 0. The minimum atomic E-state index is -4.44. The number of oxazole rings is 1. The van der Waals surface area contributed by atoms with E-state index in [1.165, 1.54) is 24.5 Å². The second-order valence-electron chi connectivity index (χ2n) is 7.16. The first-order valence-electron chi connectivity index (χ1n) is 9.86. The quantitative estimate of drug-likeness (QED) is 0.253. The molecule has 35 heavy (non-hydrogen) atoms. The number of benzene rings is 1. The van der Waals surface area contributed by atoms with Crippen molar-refractivity contribution in [2.45, 2.75) is 12.6 Å². The molecule has 9 nitrogen and oxygen atoms in total. The molecular formula is C21H16F5N7O2. The van der Waals surface area contributed by atoms with E-state index in [0.717, 1.165) is 10.9 Å². The van der Waals surface area contributed by atoms with Crippen LogP contribution in [0.15, 0.2) is 59.5 Å². The topological polar surface area (TPSA) is 124 Å². The third-order valence-electron chi connectivity index (χ3n) is 4.57. The van der Waals surface area contributed by atoms with Gasteiger partial charge in [0.05, 0.1) is 17.6 Å². The van der Waals surface area contributed by atoms with Crippen molar-refractivity contribution in [1.29, 1.82) is 0 Å². The number of aromatic nitrogens is 4. The fraction of sp³-hybridized carbons (Fsp3) is 0.143. The van der Waals surface area contributed by atoms with Crippen LogP contribution < -0.4 is 16.4 Å². The minimum Gasteiger partial charge on any atom is -0.444 e. The maximum atomic E-state index is 13.5. The molecule has 0 bridgehead atoms. The zero-order valence-electron chi connectivity index (χ0n) is 17.6. The highest BCUT2D eigenvalue weighted by Crippen LogP contribution is 2.28. The second-order valence-corrected chi connectivity index (χ2v) is 7.16. The fourth-order valence-corrected chi connectivity index (χ4v) is 2.95. The standard InChI is InChI=1S/C21H16F5N7O2/c22-18(23)17-14(8-33(32-17)13-3-1-12(27)2-4-13)30-19(34)15-9-35-20(31-15)11-5-6-28-16(7-11)29-10-21(24,25)26/h1-9,18H,10,27H2,(H,28,29)(H,30,34). The highest BCUT2D eigenvalue weighted by atomic mass is 19.4. The summed E-state index contributed by atoms with van der Waals surface area (Å²) in [5, 5.41) is 8.27. The molecule has 0 unspecified atom stereocenters. The Morgan fingerprint density at radius 1 is 1.17 bits per heavy atom. The molecule has 0 radical (unpaired) electrons. The molecule has 0 aliphatic rings. The number of amides is 1. The van der Waals surface area contributed by atoms with Crippen LogP contribution >= 0.6 is 0 Å². The molecule has 0 aliphatic carbocycles. The predicted octanol–water partition coefficient (Wildman–Crippen LogP) is 4.67. The highest BCUT2D eigenvalue weighted by Gasteiger charge is 2.27. The van der Waals surface area contributed by atoms with Crippen LogP contribution in [-0.2, 0) is 0 Å². The van der Waals surface area contributed by atoms with Crippen LogP contribution in [0.1, 0.15) is 22.6 Å². The number of hydrogen-bond acceptors (Lipinski definition) is 7. The van der Waals surface area contributed by atoms with E-state index in [0.29, 0.717) is 11.4 Å². The molecule has 1 aromatic carbocycles. The van der Waals surface area contributed by atoms with Crippen molar-refractivity contribution < 1.29 is 31.2 Å². The van der Waals surface area contributed by atoms with Crippen molar-refractivity contribution >= 4 is 23.1 Å². The average Bonchev–Trinajstić information content (AvgIpc) is 3.46. The number of nitrogens with two attached hydrogens (primary N) is 1. The summed E-state index contributed by atoms with van der Waals surface area (Å²) in [7, 11) is 0. The molecule has 0 spiro atoms. The molecule has 3 aromatic heterocycles. The molecule has 182 valence electrons. The molecule has 4 N–H and O–H groups in total. The summed E-state index contributed by atoms with van der Waals surface area (Å²) in [6, 6.07) is 8.94. The number of carbonyl (C=O) groups is 1. The zero-order valence-corrected chi connectivity index (χ0v) is 17.6. The molecule has 0 saturated heterocycles. The largest absolute Gasteiger partial charge is 0.444 e. The van der Waals surface area contributed by atoms with Gasteiger partial charge in [-0.1, -0.05) is 0 Å². The summed E-state index contributed by atoms with van der Waals surface area (Å²) in [6.45, 7) is -1.29. The van der Waals surface area contributed by atoms with Crippen molar-refractivity contribution in [3.8, 4) is 17.1 Å². The lowest BCUT2D eigenvalue weighted by molar-refractivity contribution is -0.115. The number of anilines is 3. The Morgan fingerprint density at radius 2 is 1.91 bits per heavy atom. The molecular weight excluding hydrogens is 477 g/mol. The van der Waals surface area contributed by atoms with E-state index in [1.54, 1.807) is 24.3 Å². The molecule has 1 amide bonds. The molecule has 0 aliphatic heterocycles. The third kappa shape index (κ3) is 5.72. The monoisotopic (exact) mass is 493 g/mol. The van der Waals surface area contributed by atoms with Gasteiger partial charge in [-0.25, -0.2) is 23.4 Å². The maximum absolute atomic E-state index is 13.5. The zero-order chi connectivity index (χ0) is 25.2. The van der Waals surface area contributed by atoms with Crippen LogP contribution in [0.2, 0.25) is 0 Å². The van der Waals surface area contributed by atoms with Gasteiger partial charge in [-0.05, 0) is 36.4 Å².